The van der Waals surface area contributed by atoms with E-state index in [0.29, 0.717) is 18.7 Å². The average molecular weight is 235 g/mol. The van der Waals surface area contributed by atoms with Crippen LogP contribution in [0.1, 0.15) is 24.9 Å². The first-order valence-electron chi connectivity index (χ1n) is 5.65. The summed E-state index contributed by atoms with van der Waals surface area (Å²) in [5, 5.41) is 11.6. The molecule has 0 bridgehead atoms. The Morgan fingerprint density at radius 1 is 1.53 bits per heavy atom. The third kappa shape index (κ3) is 3.43. The fourth-order valence-corrected chi connectivity index (χ4v) is 1.61. The fourth-order valence-electron chi connectivity index (χ4n) is 1.61. The molecule has 1 atom stereocenters. The molecule has 0 amide bonds. The molecule has 3 nitrogen and oxygen atoms in total. The van der Waals surface area contributed by atoms with Gasteiger partial charge in [0.05, 0.1) is 18.2 Å². The van der Waals surface area contributed by atoms with Gasteiger partial charge in [0.25, 0.3) is 0 Å². The van der Waals surface area contributed by atoms with Crippen LogP contribution in [0.15, 0.2) is 18.2 Å². The van der Waals surface area contributed by atoms with Crippen molar-refractivity contribution in [2.75, 3.05) is 25.5 Å². The molecule has 1 aromatic rings. The monoisotopic (exact) mass is 235 g/mol. The van der Waals surface area contributed by atoms with Crippen molar-refractivity contribution in [3.63, 3.8) is 0 Å². The third-order valence-corrected chi connectivity index (χ3v) is 2.88. The summed E-state index contributed by atoms with van der Waals surface area (Å²) in [6, 6.07) is 7.39. The lowest BCUT2D eigenvalue weighted by Gasteiger charge is -2.20. The maximum atomic E-state index is 13.9. The van der Waals surface area contributed by atoms with Gasteiger partial charge in [0.1, 0.15) is 5.82 Å². The highest BCUT2D eigenvalue weighted by Crippen LogP contribution is 2.22. The minimum absolute atomic E-state index is 0.128. The zero-order valence-electron chi connectivity index (χ0n) is 10.5. The second-order valence-electron chi connectivity index (χ2n) is 4.05. The second-order valence-corrected chi connectivity index (χ2v) is 4.05. The fraction of sp³-hybridized carbons (Fsp3) is 0.462. The lowest BCUT2D eigenvalue weighted by atomic mass is 10.1. The summed E-state index contributed by atoms with van der Waals surface area (Å²) in [7, 11) is 3.63. The van der Waals surface area contributed by atoms with E-state index < -0.39 is 0 Å². The molecule has 0 aliphatic carbocycles. The lowest BCUT2D eigenvalue weighted by Crippen LogP contribution is -2.20. The summed E-state index contributed by atoms with van der Waals surface area (Å²) in [4.78, 5) is 1.76. The molecular weight excluding hydrogens is 217 g/mol. The van der Waals surface area contributed by atoms with Crippen molar-refractivity contribution in [1.29, 1.82) is 5.26 Å². The molecule has 1 N–H and O–H groups in total. The molecular formula is C13H18FN3. The average Bonchev–Trinajstić information content (AvgIpc) is 2.34. The van der Waals surface area contributed by atoms with Gasteiger partial charge < -0.3 is 10.2 Å². The van der Waals surface area contributed by atoms with Crippen LogP contribution in [0.3, 0.4) is 0 Å². The third-order valence-electron chi connectivity index (χ3n) is 2.88. The van der Waals surface area contributed by atoms with Gasteiger partial charge in [0, 0.05) is 19.6 Å². The minimum atomic E-state index is -0.245. The maximum absolute atomic E-state index is 13.9. The van der Waals surface area contributed by atoms with E-state index in [1.165, 1.54) is 0 Å². The van der Waals surface area contributed by atoms with Crippen molar-refractivity contribution < 1.29 is 4.39 Å². The molecule has 0 aromatic heterocycles. The molecule has 0 aliphatic rings. The van der Waals surface area contributed by atoms with Crippen LogP contribution in [0.5, 0.6) is 0 Å². The van der Waals surface area contributed by atoms with Crippen LogP contribution in [0.25, 0.3) is 0 Å². The van der Waals surface area contributed by atoms with Gasteiger partial charge >= 0.3 is 0 Å². The van der Waals surface area contributed by atoms with Crippen molar-refractivity contribution in [1.82, 2.24) is 5.32 Å². The number of nitriles is 1. The van der Waals surface area contributed by atoms with Crippen LogP contribution < -0.4 is 10.2 Å². The Bertz CT molecular complexity index is 412. The van der Waals surface area contributed by atoms with E-state index in [0.717, 1.165) is 5.56 Å². The molecule has 17 heavy (non-hydrogen) atoms. The van der Waals surface area contributed by atoms with Crippen LogP contribution in [-0.4, -0.2) is 20.6 Å². The number of anilines is 1. The predicted octanol–water partition coefficient (Wildman–Crippen LogP) is 2.46. The molecule has 1 aromatic carbocycles. The number of rotatable bonds is 5. The molecule has 1 unspecified atom stereocenters. The van der Waals surface area contributed by atoms with Gasteiger partial charge in [-0.05, 0) is 31.7 Å². The standard InChI is InChI=1S/C13H18FN3/c1-10(16-2)11-5-6-13(12(14)9-11)17(3)8-4-7-15/h5-6,9-10,16H,4,8H2,1-3H3. The Hall–Kier alpha value is -1.60. The number of nitrogens with zero attached hydrogens (tertiary/aromatic N) is 2. The van der Waals surface area contributed by atoms with Crippen molar-refractivity contribution in [2.24, 2.45) is 0 Å². The molecule has 0 aliphatic heterocycles. The summed E-state index contributed by atoms with van der Waals surface area (Å²) in [6.45, 7) is 2.52. The highest BCUT2D eigenvalue weighted by molar-refractivity contribution is 5.49. The maximum Gasteiger partial charge on any atom is 0.146 e. The largest absolute Gasteiger partial charge is 0.371 e. The van der Waals surface area contributed by atoms with Gasteiger partial charge in [-0.1, -0.05) is 6.07 Å². The first-order valence-corrected chi connectivity index (χ1v) is 5.65. The molecule has 4 heteroatoms. The van der Waals surface area contributed by atoms with E-state index >= 15 is 0 Å². The Morgan fingerprint density at radius 3 is 2.76 bits per heavy atom. The number of hydrogen-bond donors (Lipinski definition) is 1. The van der Waals surface area contributed by atoms with Crippen LogP contribution >= 0.6 is 0 Å². The van der Waals surface area contributed by atoms with E-state index in [2.05, 4.69) is 11.4 Å². The Morgan fingerprint density at radius 2 is 2.24 bits per heavy atom. The predicted molar refractivity (Wildman–Crippen MR) is 67.4 cm³/mol. The quantitative estimate of drug-likeness (QED) is 0.852. The molecule has 1 rings (SSSR count). The first-order chi connectivity index (χ1) is 8.10. The smallest absolute Gasteiger partial charge is 0.146 e. The van der Waals surface area contributed by atoms with Crippen LogP contribution in [-0.2, 0) is 0 Å². The van der Waals surface area contributed by atoms with Gasteiger partial charge in [0.15, 0.2) is 0 Å². The van der Waals surface area contributed by atoms with Gasteiger partial charge in [-0.3, -0.25) is 0 Å². The summed E-state index contributed by atoms with van der Waals surface area (Å²) >= 11 is 0. The Kier molecular flexibility index (Phi) is 4.92. The highest BCUT2D eigenvalue weighted by Gasteiger charge is 2.10. The van der Waals surface area contributed by atoms with Gasteiger partial charge in [0.2, 0.25) is 0 Å². The number of nitrogens with one attached hydrogen (secondary N) is 1. The molecule has 0 saturated heterocycles. The topological polar surface area (TPSA) is 39.1 Å². The van der Waals surface area contributed by atoms with E-state index in [1.807, 2.05) is 20.0 Å². The molecule has 0 heterocycles. The zero-order valence-corrected chi connectivity index (χ0v) is 10.5. The van der Waals surface area contributed by atoms with Gasteiger partial charge in [-0.2, -0.15) is 5.26 Å². The van der Waals surface area contributed by atoms with Crippen molar-refractivity contribution in [3.05, 3.63) is 29.6 Å². The summed E-state index contributed by atoms with van der Waals surface area (Å²) in [5.74, 6) is -0.245. The van der Waals surface area contributed by atoms with E-state index in [-0.39, 0.29) is 11.9 Å². The van der Waals surface area contributed by atoms with Crippen molar-refractivity contribution in [2.45, 2.75) is 19.4 Å². The van der Waals surface area contributed by atoms with Crippen LogP contribution in [0, 0.1) is 17.1 Å². The molecule has 0 saturated carbocycles. The van der Waals surface area contributed by atoms with E-state index in [1.54, 1.807) is 24.1 Å². The first kappa shape index (κ1) is 13.5. The van der Waals surface area contributed by atoms with Crippen LogP contribution in [0.2, 0.25) is 0 Å². The normalized spacial score (nSPS) is 11.9. The van der Waals surface area contributed by atoms with E-state index in [4.69, 9.17) is 5.26 Å². The molecule has 92 valence electrons. The summed E-state index contributed by atoms with van der Waals surface area (Å²) in [6.07, 6.45) is 0.393. The number of hydrogen-bond acceptors (Lipinski definition) is 3. The van der Waals surface area contributed by atoms with E-state index in [9.17, 15) is 4.39 Å². The van der Waals surface area contributed by atoms with Crippen molar-refractivity contribution >= 4 is 5.69 Å². The SMILES string of the molecule is CNC(C)c1ccc(N(C)CCC#N)c(F)c1. The minimum Gasteiger partial charge on any atom is -0.371 e. The molecule has 0 radical (unpaired) electrons. The molecule has 0 fully saturated rings. The highest BCUT2D eigenvalue weighted by atomic mass is 19.1. The lowest BCUT2D eigenvalue weighted by molar-refractivity contribution is 0.605. The number of benzene rings is 1. The Labute approximate surface area is 102 Å². The van der Waals surface area contributed by atoms with Gasteiger partial charge in [-0.25, -0.2) is 4.39 Å². The Balaban J connectivity index is 2.86. The molecule has 0 spiro atoms. The second kappa shape index (κ2) is 6.21. The summed E-state index contributed by atoms with van der Waals surface area (Å²) < 4.78 is 13.9. The summed E-state index contributed by atoms with van der Waals surface area (Å²) in [5.41, 5.74) is 1.45. The van der Waals surface area contributed by atoms with Gasteiger partial charge in [-0.15, -0.1) is 0 Å². The van der Waals surface area contributed by atoms with Crippen LogP contribution in [0.4, 0.5) is 10.1 Å². The number of halogens is 1. The van der Waals surface area contributed by atoms with Crippen molar-refractivity contribution in [3.8, 4) is 6.07 Å². The zero-order chi connectivity index (χ0) is 12.8.